The number of rotatable bonds is 9. The molecule has 0 saturated carbocycles. The molecule has 1 atom stereocenters. The lowest BCUT2D eigenvalue weighted by Gasteiger charge is -2.32. The van der Waals surface area contributed by atoms with Crippen LogP contribution >= 0.6 is 0 Å². The van der Waals surface area contributed by atoms with Crippen molar-refractivity contribution < 1.29 is 32.8 Å². The Hall–Kier alpha value is -5.60. The first-order valence-electron chi connectivity index (χ1n) is 16.5. The van der Waals surface area contributed by atoms with Gasteiger partial charge in [-0.2, -0.15) is 13.9 Å². The van der Waals surface area contributed by atoms with Gasteiger partial charge >= 0.3 is 5.92 Å². The lowest BCUT2D eigenvalue weighted by Crippen LogP contribution is -2.52. The monoisotopic (exact) mass is 684 g/mol. The largest absolute Gasteiger partial charge is 0.347 e. The topological polar surface area (TPSA) is 159 Å². The molecule has 2 aromatic heterocycles. The van der Waals surface area contributed by atoms with Crippen LogP contribution in [0, 0.1) is 0 Å². The predicted molar refractivity (Wildman–Crippen MR) is 174 cm³/mol. The fraction of sp³-hybridized carbons (Fsp3) is 0.371. The molecule has 3 aliphatic rings. The number of imide groups is 1. The van der Waals surface area contributed by atoms with E-state index in [4.69, 9.17) is 0 Å². The van der Waals surface area contributed by atoms with Gasteiger partial charge in [-0.3, -0.25) is 39.0 Å². The van der Waals surface area contributed by atoms with E-state index in [1.54, 1.807) is 29.4 Å². The van der Waals surface area contributed by atoms with E-state index >= 15 is 0 Å². The summed E-state index contributed by atoms with van der Waals surface area (Å²) in [5.74, 6) is -6.96. The van der Waals surface area contributed by atoms with Gasteiger partial charge in [-0.15, -0.1) is 0 Å². The number of nitrogens with one attached hydrogen (secondary N) is 2. The van der Waals surface area contributed by atoms with Crippen molar-refractivity contribution in [1.29, 1.82) is 0 Å². The van der Waals surface area contributed by atoms with E-state index in [1.165, 1.54) is 11.0 Å². The van der Waals surface area contributed by atoms with E-state index in [1.807, 2.05) is 35.1 Å². The maximum Gasteiger partial charge on any atom is 0.325 e. The molecule has 2 aromatic carbocycles. The van der Waals surface area contributed by atoms with Crippen LogP contribution in [0.1, 0.15) is 66.1 Å². The second kappa shape index (κ2) is 13.4. The van der Waals surface area contributed by atoms with Gasteiger partial charge in [0, 0.05) is 62.8 Å². The van der Waals surface area contributed by atoms with Crippen molar-refractivity contribution in [2.45, 2.75) is 69.6 Å². The number of benzene rings is 2. The Bertz CT molecular complexity index is 2010. The van der Waals surface area contributed by atoms with Gasteiger partial charge in [-0.25, -0.2) is 4.98 Å². The zero-order valence-corrected chi connectivity index (χ0v) is 27.0. The van der Waals surface area contributed by atoms with E-state index in [-0.39, 0.29) is 43.8 Å². The van der Waals surface area contributed by atoms with Gasteiger partial charge in [0.1, 0.15) is 6.04 Å². The molecule has 13 nitrogen and oxygen atoms in total. The van der Waals surface area contributed by atoms with Crippen LogP contribution in [0.4, 0.5) is 8.78 Å². The highest BCUT2D eigenvalue weighted by Gasteiger charge is 2.41. The number of alkyl halides is 2. The molecule has 50 heavy (non-hydrogen) atoms. The minimum absolute atomic E-state index is 0.0336. The Morgan fingerprint density at radius 2 is 1.78 bits per heavy atom. The Kier molecular flexibility index (Phi) is 8.80. The third kappa shape index (κ3) is 6.67. The molecule has 258 valence electrons. The van der Waals surface area contributed by atoms with E-state index in [9.17, 15) is 32.8 Å². The average molecular weight is 685 g/mol. The number of halogens is 2. The van der Waals surface area contributed by atoms with Crippen molar-refractivity contribution in [1.82, 2.24) is 40.2 Å². The van der Waals surface area contributed by atoms with Gasteiger partial charge in [-0.1, -0.05) is 24.3 Å². The molecule has 5 amide bonds. The summed E-state index contributed by atoms with van der Waals surface area (Å²) in [4.78, 5) is 74.0. The van der Waals surface area contributed by atoms with Crippen LogP contribution in [0.15, 0.2) is 61.1 Å². The maximum absolute atomic E-state index is 14.8. The van der Waals surface area contributed by atoms with Crippen molar-refractivity contribution in [2.24, 2.45) is 0 Å². The molecule has 15 heteroatoms. The number of hydrogen-bond acceptors (Lipinski definition) is 8. The van der Waals surface area contributed by atoms with E-state index in [0.29, 0.717) is 48.3 Å². The first kappa shape index (κ1) is 32.9. The van der Waals surface area contributed by atoms with Gasteiger partial charge in [0.15, 0.2) is 0 Å². The number of likely N-dealkylation sites (tertiary alicyclic amines) is 1. The number of carbonyl (C=O) groups excluding carboxylic acids is 5. The van der Waals surface area contributed by atoms with Gasteiger partial charge in [-0.05, 0) is 48.6 Å². The lowest BCUT2D eigenvalue weighted by atomic mass is 10.0. The number of amides is 5. The summed E-state index contributed by atoms with van der Waals surface area (Å²) in [6.07, 6.45) is 5.49. The van der Waals surface area contributed by atoms with Gasteiger partial charge in [0.2, 0.25) is 17.7 Å². The molecule has 0 spiro atoms. The van der Waals surface area contributed by atoms with Crippen LogP contribution in [0.25, 0.3) is 22.3 Å². The second-order valence-electron chi connectivity index (χ2n) is 12.8. The smallest absolute Gasteiger partial charge is 0.325 e. The molecule has 0 bridgehead atoms. The van der Waals surface area contributed by atoms with Crippen LogP contribution in [0.3, 0.4) is 0 Å². The third-order valence-corrected chi connectivity index (χ3v) is 9.56. The van der Waals surface area contributed by atoms with Gasteiger partial charge in [0.05, 0.1) is 35.2 Å². The molecule has 5 heterocycles. The number of nitrogens with zero attached hydrogens (tertiary/aromatic N) is 6. The first-order valence-corrected chi connectivity index (χ1v) is 16.5. The summed E-state index contributed by atoms with van der Waals surface area (Å²) in [5.41, 5.74) is 4.59. The average Bonchev–Trinajstić information content (AvgIpc) is 3.74. The molecule has 0 radical (unpaired) electrons. The summed E-state index contributed by atoms with van der Waals surface area (Å²) in [7, 11) is 0. The fourth-order valence-electron chi connectivity index (χ4n) is 6.73. The quantitative estimate of drug-likeness (QED) is 0.255. The summed E-state index contributed by atoms with van der Waals surface area (Å²) in [6.45, 7) is 0.682. The van der Waals surface area contributed by atoms with Gasteiger partial charge < -0.3 is 15.1 Å². The van der Waals surface area contributed by atoms with Crippen LogP contribution in [-0.2, 0) is 32.3 Å². The highest BCUT2D eigenvalue weighted by Crippen LogP contribution is 2.30. The maximum atomic E-state index is 14.8. The number of carbonyl (C=O) groups is 5. The summed E-state index contributed by atoms with van der Waals surface area (Å²) < 4.78 is 31.5. The number of hydrogen-bond donors (Lipinski definition) is 2. The molecule has 4 aromatic rings. The summed E-state index contributed by atoms with van der Waals surface area (Å²) in [5, 5.41) is 8.99. The molecule has 2 saturated heterocycles. The standard InChI is InChI=1S/C35H34F2N8O5/c36-35(37,34(50)39-16-21-5-6-25-22(15-21)19-44(33(25)49)29-7-8-30(46)42-32(29)48)12-9-31(47)43-13-10-24(11-14-43)45-20-23(17-40-45)28-18-38-26-3-1-2-4-27(26)41-28/h1-6,15,17-18,20,24,29H,7-14,16,19H2,(H,39,50)(H,42,46,48). The van der Waals surface area contributed by atoms with Crippen LogP contribution in [0.2, 0.25) is 0 Å². The molecule has 0 aliphatic carbocycles. The Balaban J connectivity index is 0.869. The molecule has 7 rings (SSSR count). The number of piperidine rings is 2. The van der Waals surface area contributed by atoms with E-state index in [2.05, 4.69) is 25.7 Å². The molecule has 2 N–H and O–H groups in total. The SMILES string of the molecule is O=C1CCC(N2Cc3cc(CNC(=O)C(F)(F)CCC(=O)N4CCC(n5cc(-c6cnc7ccccc7n6)cn5)CC4)ccc3C2=O)C(=O)N1. The molecular formula is C35H34F2N8O5. The molecular weight excluding hydrogens is 650 g/mol. The molecule has 3 aliphatic heterocycles. The van der Waals surface area contributed by atoms with Crippen molar-refractivity contribution >= 4 is 40.6 Å². The zero-order chi connectivity index (χ0) is 35.0. The molecule has 1 unspecified atom stereocenters. The Morgan fingerprint density at radius 3 is 2.56 bits per heavy atom. The van der Waals surface area contributed by atoms with Crippen molar-refractivity contribution in [3.8, 4) is 11.3 Å². The third-order valence-electron chi connectivity index (χ3n) is 9.56. The second-order valence-corrected chi connectivity index (χ2v) is 12.8. The van der Waals surface area contributed by atoms with Crippen LogP contribution in [0.5, 0.6) is 0 Å². The number of aromatic nitrogens is 4. The van der Waals surface area contributed by atoms with Crippen molar-refractivity contribution in [3.05, 3.63) is 77.7 Å². The first-order chi connectivity index (χ1) is 24.1. The fourth-order valence-corrected chi connectivity index (χ4v) is 6.73. The van der Waals surface area contributed by atoms with Crippen molar-refractivity contribution in [2.75, 3.05) is 13.1 Å². The highest BCUT2D eigenvalue weighted by molar-refractivity contribution is 6.05. The van der Waals surface area contributed by atoms with E-state index < -0.39 is 42.5 Å². The summed E-state index contributed by atoms with van der Waals surface area (Å²) in [6, 6.07) is 11.6. The zero-order valence-electron chi connectivity index (χ0n) is 27.0. The Morgan fingerprint density at radius 1 is 1.00 bits per heavy atom. The number of fused-ring (bicyclic) bond motifs is 2. The van der Waals surface area contributed by atoms with E-state index in [0.717, 1.165) is 16.6 Å². The van der Waals surface area contributed by atoms with Crippen LogP contribution in [-0.4, -0.2) is 84.1 Å². The lowest BCUT2D eigenvalue weighted by molar-refractivity contribution is -0.148. The summed E-state index contributed by atoms with van der Waals surface area (Å²) >= 11 is 0. The van der Waals surface area contributed by atoms with Crippen molar-refractivity contribution in [3.63, 3.8) is 0 Å². The molecule has 2 fully saturated rings. The number of para-hydroxylation sites is 2. The van der Waals surface area contributed by atoms with Crippen LogP contribution < -0.4 is 10.6 Å². The normalized spacial score (nSPS) is 18.4. The predicted octanol–water partition coefficient (Wildman–Crippen LogP) is 3.15. The Labute approximate surface area is 285 Å². The minimum Gasteiger partial charge on any atom is -0.347 e. The van der Waals surface area contributed by atoms with Gasteiger partial charge in [0.25, 0.3) is 11.8 Å². The highest BCUT2D eigenvalue weighted by atomic mass is 19.3. The minimum atomic E-state index is -3.76.